The van der Waals surface area contributed by atoms with E-state index in [0.29, 0.717) is 59.2 Å². The average molecular weight is 1100 g/mol. The Balaban J connectivity index is 0.000000214. The lowest BCUT2D eigenvalue weighted by atomic mass is 10.1. The summed E-state index contributed by atoms with van der Waals surface area (Å²) in [7, 11) is -7.38. The number of rotatable bonds is 16. The molecule has 2 aromatic heterocycles. The molecule has 8 rings (SSSR count). The summed E-state index contributed by atoms with van der Waals surface area (Å²) in [5.41, 5.74) is 0.660. The number of nitro benzene ring substituents is 2. The van der Waals surface area contributed by atoms with Crippen LogP contribution in [0, 0.1) is 20.2 Å². The molecule has 0 saturated carbocycles. The molecule has 4 heterocycles. The number of nitro groups is 2. The summed E-state index contributed by atoms with van der Waals surface area (Å²) in [5, 5.41) is 34.4. The van der Waals surface area contributed by atoms with Crippen molar-refractivity contribution in [3.05, 3.63) is 173 Å². The number of carbonyl (C=O) groups is 2. The second-order valence-electron chi connectivity index (χ2n) is 16.6. The number of carbonyl (C=O) groups excluding carboxylic acids is 2. The van der Waals surface area contributed by atoms with Crippen LogP contribution in [0.1, 0.15) is 61.7 Å². The van der Waals surface area contributed by atoms with Gasteiger partial charge in [-0.05, 0) is 111 Å². The van der Waals surface area contributed by atoms with E-state index in [1.54, 1.807) is 18.2 Å². The first-order chi connectivity index (χ1) is 34.6. The molecular weight excluding hydrogens is 1060 g/mol. The first-order valence-corrected chi connectivity index (χ1v) is 27.2. The molecular formula is C47H46ClF3N8O10S4. The van der Waals surface area contributed by atoms with Crippen LogP contribution in [0.4, 0.5) is 35.9 Å². The first kappa shape index (κ1) is 54.3. The van der Waals surface area contributed by atoms with Gasteiger partial charge in [-0.2, -0.15) is 21.8 Å². The lowest BCUT2D eigenvalue weighted by Crippen LogP contribution is -2.42. The number of hydrogen-bond acceptors (Lipinski definition) is 14. The first-order valence-electron chi connectivity index (χ1n) is 22.3. The van der Waals surface area contributed by atoms with Gasteiger partial charge in [-0.3, -0.25) is 29.8 Å². The number of non-ortho nitro benzene ring substituents is 2. The zero-order valence-electron chi connectivity index (χ0n) is 38.3. The number of piperidine rings is 2. The summed E-state index contributed by atoms with van der Waals surface area (Å²) >= 11 is 8.05. The molecule has 4 aromatic carbocycles. The Kier molecular flexibility index (Phi) is 17.5. The maximum Gasteiger partial charge on any atom is 0.416 e. The van der Waals surface area contributed by atoms with E-state index < -0.39 is 53.4 Å². The molecule has 18 nitrogen and oxygen atoms in total. The predicted molar refractivity (Wildman–Crippen MR) is 271 cm³/mol. The SMILES string of the molecule is O=C(NCc1ccc(S(=O)(=O)N2CCC(Nc3ccc(C(F)(F)F)cc3)CC2)s1)c1cccc([N+](=O)[O-])c1.O=C(NCc1ccc(S(=O)(=O)N2CCC(Nc3ccc(Cl)cc3)CC2)s1)c1cccc([N+](=O)[O-])c1. The van der Waals surface area contributed by atoms with Gasteiger partial charge in [0, 0.05) is 99.8 Å². The Hall–Kier alpha value is -6.48. The molecule has 2 aliphatic rings. The van der Waals surface area contributed by atoms with Crippen molar-refractivity contribution < 1.29 is 49.4 Å². The molecule has 0 atom stereocenters. The number of sulfonamides is 2. The highest BCUT2D eigenvalue weighted by Gasteiger charge is 2.33. The number of halogens is 4. The summed E-state index contributed by atoms with van der Waals surface area (Å²) < 4.78 is 93.9. The minimum atomic E-state index is -4.41. The number of hydrogen-bond donors (Lipinski definition) is 4. The van der Waals surface area contributed by atoms with E-state index in [9.17, 15) is 59.8 Å². The van der Waals surface area contributed by atoms with Gasteiger partial charge in [0.15, 0.2) is 0 Å². The van der Waals surface area contributed by atoms with Crippen molar-refractivity contribution >= 4 is 88.9 Å². The topological polar surface area (TPSA) is 243 Å². The third kappa shape index (κ3) is 14.4. The van der Waals surface area contributed by atoms with Crippen LogP contribution in [0.15, 0.2) is 130 Å². The third-order valence-corrected chi connectivity index (χ3v) is 18.8. The Morgan fingerprint density at radius 1 is 0.603 bits per heavy atom. The normalized spacial score (nSPS) is 15.1. The highest BCUT2D eigenvalue weighted by molar-refractivity contribution is 7.91. The van der Waals surface area contributed by atoms with Gasteiger partial charge in [-0.1, -0.05) is 23.7 Å². The molecule has 2 aliphatic heterocycles. The van der Waals surface area contributed by atoms with Crippen molar-refractivity contribution in [1.82, 2.24) is 19.2 Å². The smallest absolute Gasteiger partial charge is 0.382 e. The van der Waals surface area contributed by atoms with Gasteiger partial charge in [0.1, 0.15) is 8.42 Å². The van der Waals surface area contributed by atoms with Gasteiger partial charge in [0.2, 0.25) is 0 Å². The molecule has 0 radical (unpaired) electrons. The van der Waals surface area contributed by atoms with Crippen LogP contribution in [0.2, 0.25) is 5.02 Å². The van der Waals surface area contributed by atoms with Crippen molar-refractivity contribution in [3.8, 4) is 0 Å². The lowest BCUT2D eigenvalue weighted by molar-refractivity contribution is -0.385. The number of thiophene rings is 2. The lowest BCUT2D eigenvalue weighted by Gasteiger charge is -2.31. The van der Waals surface area contributed by atoms with Crippen LogP contribution >= 0.6 is 34.3 Å². The fourth-order valence-electron chi connectivity index (χ4n) is 7.75. The van der Waals surface area contributed by atoms with Crippen molar-refractivity contribution in [2.75, 3.05) is 36.8 Å². The number of amides is 2. The highest BCUT2D eigenvalue weighted by atomic mass is 35.5. The van der Waals surface area contributed by atoms with E-state index in [0.717, 1.165) is 46.6 Å². The van der Waals surface area contributed by atoms with Crippen LogP contribution in [0.5, 0.6) is 0 Å². The van der Waals surface area contributed by atoms with Crippen LogP contribution in [0.25, 0.3) is 0 Å². The quantitative estimate of drug-likeness (QED) is 0.0523. The number of alkyl halides is 3. The van der Waals surface area contributed by atoms with Gasteiger partial charge in [0.25, 0.3) is 43.2 Å². The molecule has 2 fully saturated rings. The summed E-state index contributed by atoms with van der Waals surface area (Å²) in [5.74, 6) is -0.990. The minimum Gasteiger partial charge on any atom is -0.382 e. The van der Waals surface area contributed by atoms with Gasteiger partial charge in [-0.15, -0.1) is 22.7 Å². The molecule has 0 aliphatic carbocycles. The molecule has 4 N–H and O–H groups in total. The van der Waals surface area contributed by atoms with Crippen LogP contribution < -0.4 is 21.3 Å². The predicted octanol–water partition coefficient (Wildman–Crippen LogP) is 9.38. The van der Waals surface area contributed by atoms with Crippen molar-refractivity contribution in [3.63, 3.8) is 0 Å². The Bertz CT molecular complexity index is 3160. The van der Waals surface area contributed by atoms with Gasteiger partial charge >= 0.3 is 6.18 Å². The second kappa shape index (κ2) is 23.6. The zero-order valence-corrected chi connectivity index (χ0v) is 42.3. The van der Waals surface area contributed by atoms with Crippen LogP contribution in [-0.2, 0) is 39.3 Å². The molecule has 0 unspecified atom stereocenters. The van der Waals surface area contributed by atoms with Gasteiger partial charge in [-0.25, -0.2) is 16.8 Å². The van der Waals surface area contributed by atoms with Crippen LogP contribution in [-0.4, -0.2) is 85.4 Å². The van der Waals surface area contributed by atoms with E-state index >= 15 is 0 Å². The van der Waals surface area contributed by atoms with Crippen molar-refractivity contribution in [1.29, 1.82) is 0 Å². The molecule has 6 aromatic rings. The van der Waals surface area contributed by atoms with E-state index in [1.807, 2.05) is 24.3 Å². The molecule has 73 heavy (non-hydrogen) atoms. The fraction of sp³-hybridized carbons (Fsp3) is 0.277. The Morgan fingerprint density at radius 3 is 1.36 bits per heavy atom. The number of nitrogens with zero attached hydrogens (tertiary/aromatic N) is 4. The molecule has 2 amide bonds. The minimum absolute atomic E-state index is 0.0564. The van der Waals surface area contributed by atoms with E-state index in [1.165, 1.54) is 69.3 Å². The standard InChI is InChI=1S/C24H23F3N4O5S2.C23H23ClN4O5S2/c25-24(26,27)17-4-6-18(7-5-17)29-19-10-12-30(13-11-19)38(35,36)22-9-8-21(37-22)15-28-23(32)16-2-1-3-20(14-16)31(33)34;24-17-4-6-18(7-5-17)26-19-10-12-27(13-11-19)35(32,33)22-9-8-21(34-22)15-25-23(29)16-2-1-3-20(14-16)28(30)31/h1-9,14,19,29H,10-13,15H2,(H,28,32);1-9,14,19,26H,10-13,15H2,(H,25,29). The Morgan fingerprint density at radius 2 is 0.986 bits per heavy atom. The molecule has 26 heteroatoms. The van der Waals surface area contributed by atoms with Gasteiger partial charge < -0.3 is 21.3 Å². The van der Waals surface area contributed by atoms with Crippen molar-refractivity contribution in [2.24, 2.45) is 0 Å². The zero-order chi connectivity index (χ0) is 52.5. The second-order valence-corrected chi connectivity index (χ2v) is 23.8. The number of anilines is 2. The average Bonchev–Trinajstić information content (AvgIpc) is 4.08. The summed E-state index contributed by atoms with van der Waals surface area (Å²) in [6.45, 7) is 1.49. The highest BCUT2D eigenvalue weighted by Crippen LogP contribution is 2.32. The van der Waals surface area contributed by atoms with E-state index in [4.69, 9.17) is 11.6 Å². The molecule has 0 bridgehead atoms. The fourth-order valence-corrected chi connectivity index (χ4v) is 13.7. The van der Waals surface area contributed by atoms with Crippen molar-refractivity contribution in [2.45, 2.75) is 65.5 Å². The summed E-state index contributed by atoms with van der Waals surface area (Å²) in [6, 6.07) is 29.2. The molecule has 0 spiro atoms. The summed E-state index contributed by atoms with van der Waals surface area (Å²) in [4.78, 5) is 46.6. The monoisotopic (exact) mass is 1100 g/mol. The van der Waals surface area contributed by atoms with E-state index in [-0.39, 0.29) is 69.2 Å². The maximum absolute atomic E-state index is 13.1. The Labute approximate surface area is 430 Å². The number of benzene rings is 4. The largest absolute Gasteiger partial charge is 0.416 e. The third-order valence-electron chi connectivity index (χ3n) is 11.7. The molecule has 2 saturated heterocycles. The van der Waals surface area contributed by atoms with Gasteiger partial charge in [0.05, 0.1) is 28.5 Å². The molecule has 386 valence electrons. The summed E-state index contributed by atoms with van der Waals surface area (Å²) in [6.07, 6.45) is -2.08. The number of nitrogens with one attached hydrogen (secondary N) is 4. The van der Waals surface area contributed by atoms with Crippen LogP contribution in [0.3, 0.4) is 0 Å². The maximum atomic E-state index is 13.1. The van der Waals surface area contributed by atoms with E-state index in [2.05, 4.69) is 21.3 Å².